The van der Waals surface area contributed by atoms with Crippen molar-refractivity contribution < 1.29 is 19.1 Å². The molecule has 0 radical (unpaired) electrons. The molecule has 4 rings (SSSR count). The van der Waals surface area contributed by atoms with Gasteiger partial charge in [-0.1, -0.05) is 50.2 Å². The number of anilines is 2. The Labute approximate surface area is 219 Å². The zero-order chi connectivity index (χ0) is 26.4. The summed E-state index contributed by atoms with van der Waals surface area (Å²) in [5.41, 5.74) is 4.63. The quantitative estimate of drug-likeness (QED) is 0.247. The Hall–Kier alpha value is -4.04. The molecule has 1 aromatic heterocycles. The van der Waals surface area contributed by atoms with Crippen molar-refractivity contribution in [3.8, 4) is 11.3 Å². The molecule has 6 nitrogen and oxygen atoms in total. The topological polar surface area (TPSA) is 82.5 Å². The van der Waals surface area contributed by atoms with Gasteiger partial charge in [0, 0.05) is 28.7 Å². The van der Waals surface area contributed by atoms with Crippen molar-refractivity contribution in [2.75, 3.05) is 11.4 Å². The predicted octanol–water partition coefficient (Wildman–Crippen LogP) is 6.62. The van der Waals surface area contributed by atoms with E-state index in [-0.39, 0.29) is 24.7 Å². The van der Waals surface area contributed by atoms with E-state index < -0.39 is 5.97 Å². The molecule has 0 unspecified atom stereocenters. The van der Waals surface area contributed by atoms with Crippen molar-refractivity contribution in [2.45, 2.75) is 32.7 Å². The number of carbonyl (C=O) groups is 2. The van der Waals surface area contributed by atoms with E-state index in [0.717, 1.165) is 16.4 Å². The third-order valence-corrected chi connectivity index (χ3v) is 6.79. The van der Waals surface area contributed by atoms with E-state index in [9.17, 15) is 14.0 Å². The smallest absolute Gasteiger partial charge is 0.305 e. The molecule has 0 aliphatic heterocycles. The highest BCUT2D eigenvalue weighted by Crippen LogP contribution is 2.35. The molecule has 0 fully saturated rings. The Morgan fingerprint density at radius 2 is 1.73 bits per heavy atom. The van der Waals surface area contributed by atoms with E-state index in [0.29, 0.717) is 29.3 Å². The highest BCUT2D eigenvalue weighted by atomic mass is 32.1. The van der Waals surface area contributed by atoms with Crippen LogP contribution in [0, 0.1) is 5.82 Å². The van der Waals surface area contributed by atoms with Gasteiger partial charge < -0.3 is 15.3 Å². The van der Waals surface area contributed by atoms with Crippen LogP contribution < -0.4 is 10.2 Å². The first-order chi connectivity index (χ1) is 17.8. The second-order valence-electron chi connectivity index (χ2n) is 8.92. The third kappa shape index (κ3) is 6.59. The van der Waals surface area contributed by atoms with Crippen LogP contribution in [0.4, 0.5) is 15.2 Å². The number of nitrogens with zero attached hydrogens (tertiary/aromatic N) is 2. The molecule has 0 atom stereocenters. The van der Waals surface area contributed by atoms with E-state index in [4.69, 9.17) is 10.1 Å². The fourth-order valence-electron chi connectivity index (χ4n) is 3.82. The van der Waals surface area contributed by atoms with Gasteiger partial charge in [-0.2, -0.15) is 0 Å². The normalized spacial score (nSPS) is 10.9. The molecular weight excluding hydrogens is 489 g/mol. The second kappa shape index (κ2) is 11.8. The highest BCUT2D eigenvalue weighted by Gasteiger charge is 2.17. The van der Waals surface area contributed by atoms with Crippen LogP contribution in [0.5, 0.6) is 0 Å². The van der Waals surface area contributed by atoms with Crippen LogP contribution in [0.1, 0.15) is 47.7 Å². The van der Waals surface area contributed by atoms with Crippen molar-refractivity contribution in [3.05, 3.63) is 101 Å². The van der Waals surface area contributed by atoms with Crippen molar-refractivity contribution in [2.24, 2.45) is 0 Å². The van der Waals surface area contributed by atoms with Gasteiger partial charge in [-0.05, 0) is 53.4 Å². The molecule has 190 valence electrons. The van der Waals surface area contributed by atoms with Crippen LogP contribution in [0.3, 0.4) is 0 Å². The molecule has 8 heteroatoms. The number of rotatable bonds is 10. The van der Waals surface area contributed by atoms with Crippen LogP contribution in [0.15, 0.2) is 78.2 Å². The molecule has 0 aliphatic rings. The Kier molecular flexibility index (Phi) is 8.30. The Morgan fingerprint density at radius 3 is 2.38 bits per heavy atom. The molecule has 1 heterocycles. The summed E-state index contributed by atoms with van der Waals surface area (Å²) in [7, 11) is 0. The maximum Gasteiger partial charge on any atom is 0.305 e. The molecular formula is C29H28FN3O3S. The van der Waals surface area contributed by atoms with Gasteiger partial charge in [-0.25, -0.2) is 9.37 Å². The molecule has 4 aromatic rings. The minimum Gasteiger partial charge on any atom is -0.481 e. The second-order valence-corrected chi connectivity index (χ2v) is 9.76. The number of carboxylic acid groups (broad SMARTS) is 1. The average molecular weight is 518 g/mol. The minimum absolute atomic E-state index is 0.0739. The molecule has 0 saturated carbocycles. The summed E-state index contributed by atoms with van der Waals surface area (Å²) in [6, 6.07) is 22.1. The predicted molar refractivity (Wildman–Crippen MR) is 145 cm³/mol. The number of benzene rings is 3. The van der Waals surface area contributed by atoms with Gasteiger partial charge in [0.2, 0.25) is 0 Å². The third-order valence-electron chi connectivity index (χ3n) is 5.93. The summed E-state index contributed by atoms with van der Waals surface area (Å²) in [6.45, 7) is 4.86. The van der Waals surface area contributed by atoms with Gasteiger partial charge in [0.25, 0.3) is 5.91 Å². The zero-order valence-electron chi connectivity index (χ0n) is 20.6. The van der Waals surface area contributed by atoms with Crippen molar-refractivity contribution in [1.82, 2.24) is 10.3 Å². The van der Waals surface area contributed by atoms with Crippen LogP contribution in [0.2, 0.25) is 0 Å². The summed E-state index contributed by atoms with van der Waals surface area (Å²) < 4.78 is 14.4. The van der Waals surface area contributed by atoms with Gasteiger partial charge in [0.1, 0.15) is 5.82 Å². The fourth-order valence-corrected chi connectivity index (χ4v) is 4.66. The lowest BCUT2D eigenvalue weighted by Gasteiger charge is -2.23. The number of carboxylic acids is 1. The van der Waals surface area contributed by atoms with E-state index in [1.807, 2.05) is 17.5 Å². The largest absolute Gasteiger partial charge is 0.481 e. The van der Waals surface area contributed by atoms with Crippen LogP contribution in [-0.2, 0) is 11.3 Å². The number of amides is 1. The van der Waals surface area contributed by atoms with E-state index in [1.165, 1.54) is 23.0 Å². The Balaban J connectivity index is 1.59. The van der Waals surface area contributed by atoms with E-state index >= 15 is 0 Å². The summed E-state index contributed by atoms with van der Waals surface area (Å²) >= 11 is 1.44. The number of aromatic nitrogens is 1. The lowest BCUT2D eigenvalue weighted by Crippen LogP contribution is -2.26. The minimum atomic E-state index is -0.961. The number of halogens is 1. The molecule has 0 bridgehead atoms. The number of aliphatic carboxylic acids is 1. The van der Waals surface area contributed by atoms with Crippen molar-refractivity contribution in [1.29, 1.82) is 0 Å². The summed E-state index contributed by atoms with van der Waals surface area (Å²) in [6.07, 6.45) is -0.128. The van der Waals surface area contributed by atoms with Crippen molar-refractivity contribution in [3.63, 3.8) is 0 Å². The average Bonchev–Trinajstić information content (AvgIpc) is 3.37. The fraction of sp³-hybridized carbons (Fsp3) is 0.207. The Bertz CT molecular complexity index is 1370. The van der Waals surface area contributed by atoms with Gasteiger partial charge >= 0.3 is 5.97 Å². The maximum atomic E-state index is 14.4. The van der Waals surface area contributed by atoms with E-state index in [1.54, 1.807) is 30.3 Å². The molecule has 0 aliphatic carbocycles. The van der Waals surface area contributed by atoms with E-state index in [2.05, 4.69) is 48.3 Å². The molecule has 2 N–H and O–H groups in total. The van der Waals surface area contributed by atoms with Crippen LogP contribution >= 0.6 is 11.3 Å². The Morgan fingerprint density at radius 1 is 1.03 bits per heavy atom. The molecule has 0 spiro atoms. The van der Waals surface area contributed by atoms with Crippen molar-refractivity contribution >= 4 is 34.0 Å². The standard InChI is InChI=1S/C29H28FN3O3S/c1-19(2)21-11-13-23(14-12-21)33(29-32-26(18-37-29)24-5-3-4-6-25(24)30)17-20-7-9-22(10-8-20)28(36)31-16-15-27(34)35/h3-14,18-19H,15-17H2,1-2H3,(H,31,36)(H,34,35). The molecule has 0 saturated heterocycles. The highest BCUT2D eigenvalue weighted by molar-refractivity contribution is 7.14. The van der Waals surface area contributed by atoms with Crippen LogP contribution in [-0.4, -0.2) is 28.5 Å². The summed E-state index contributed by atoms with van der Waals surface area (Å²) in [4.78, 5) is 29.8. The first kappa shape index (κ1) is 26.0. The number of nitrogens with one attached hydrogen (secondary N) is 1. The number of carbonyl (C=O) groups excluding carboxylic acids is 1. The van der Waals surface area contributed by atoms with Gasteiger partial charge in [-0.15, -0.1) is 11.3 Å². The lowest BCUT2D eigenvalue weighted by atomic mass is 10.0. The number of hydrogen-bond acceptors (Lipinski definition) is 5. The van der Waals surface area contributed by atoms with Crippen LogP contribution in [0.25, 0.3) is 11.3 Å². The first-order valence-corrected chi connectivity index (χ1v) is 12.9. The maximum absolute atomic E-state index is 14.4. The molecule has 3 aromatic carbocycles. The monoisotopic (exact) mass is 517 g/mol. The first-order valence-electron chi connectivity index (χ1n) is 12.0. The summed E-state index contributed by atoms with van der Waals surface area (Å²) in [5, 5.41) is 13.9. The van der Waals surface area contributed by atoms with Gasteiger partial charge in [-0.3, -0.25) is 9.59 Å². The zero-order valence-corrected chi connectivity index (χ0v) is 21.5. The van der Waals surface area contributed by atoms with Gasteiger partial charge in [0.15, 0.2) is 5.13 Å². The number of thiazole rings is 1. The number of hydrogen-bond donors (Lipinski definition) is 2. The molecule has 1 amide bonds. The SMILES string of the molecule is CC(C)c1ccc(N(Cc2ccc(C(=O)NCCC(=O)O)cc2)c2nc(-c3ccccc3F)cs2)cc1. The van der Waals surface area contributed by atoms with Gasteiger partial charge in [0.05, 0.1) is 18.7 Å². The summed E-state index contributed by atoms with van der Waals surface area (Å²) in [5.74, 6) is -1.19. The molecule has 37 heavy (non-hydrogen) atoms. The lowest BCUT2D eigenvalue weighted by molar-refractivity contribution is -0.136.